The van der Waals surface area contributed by atoms with Gasteiger partial charge in [0.25, 0.3) is 0 Å². The topological polar surface area (TPSA) is 35.5 Å². The van der Waals surface area contributed by atoms with E-state index in [4.69, 9.17) is 0 Å². The summed E-state index contributed by atoms with van der Waals surface area (Å²) in [4.78, 5) is 9.86. The fourth-order valence-electron chi connectivity index (χ4n) is 0.666. The second-order valence-corrected chi connectivity index (χ2v) is 2.00. The second kappa shape index (κ2) is 2.78. The molecular formula is C5H5F3O3. The lowest BCUT2D eigenvalue weighted by molar-refractivity contribution is -0.211. The molecule has 0 N–H and O–H groups in total. The predicted octanol–water partition coefficient (Wildman–Crippen LogP) is 0.489. The summed E-state index contributed by atoms with van der Waals surface area (Å²) in [6.07, 6.45) is -7.58. The van der Waals surface area contributed by atoms with Crippen molar-refractivity contribution in [2.75, 3.05) is 6.61 Å². The van der Waals surface area contributed by atoms with E-state index in [0.717, 1.165) is 0 Å². The molecule has 1 heterocycles. The zero-order valence-electron chi connectivity index (χ0n) is 5.30. The van der Waals surface area contributed by atoms with Gasteiger partial charge in [-0.25, -0.2) is 0 Å². The van der Waals surface area contributed by atoms with Crippen molar-refractivity contribution in [2.24, 2.45) is 0 Å². The molecule has 0 aromatic carbocycles. The zero-order chi connectivity index (χ0) is 8.48. The monoisotopic (exact) mass is 170 g/mol. The van der Waals surface area contributed by atoms with Crippen LogP contribution < -0.4 is 0 Å². The minimum Gasteiger partial charge on any atom is -0.343 e. The number of alkyl halides is 3. The highest BCUT2D eigenvalue weighted by atomic mass is 19.4. The van der Waals surface area contributed by atoms with Gasteiger partial charge >= 0.3 is 6.18 Å². The van der Waals surface area contributed by atoms with Gasteiger partial charge in [0.05, 0.1) is 6.61 Å². The largest absolute Gasteiger partial charge is 0.417 e. The van der Waals surface area contributed by atoms with E-state index in [9.17, 15) is 18.0 Å². The van der Waals surface area contributed by atoms with Crippen LogP contribution in [0.1, 0.15) is 0 Å². The minimum absolute atomic E-state index is 0.186. The van der Waals surface area contributed by atoms with E-state index in [0.29, 0.717) is 0 Å². The smallest absolute Gasteiger partial charge is 0.343 e. The number of carbonyl (C=O) groups excluding carboxylic acids is 1. The Kier molecular flexibility index (Phi) is 2.15. The van der Waals surface area contributed by atoms with E-state index in [1.165, 1.54) is 0 Å². The molecule has 0 aliphatic carbocycles. The first-order chi connectivity index (χ1) is 5.04. The van der Waals surface area contributed by atoms with Gasteiger partial charge < -0.3 is 9.47 Å². The maximum Gasteiger partial charge on any atom is 0.417 e. The molecule has 1 saturated heterocycles. The SMILES string of the molecule is O=CC1OCC(C(F)(F)F)O1. The van der Waals surface area contributed by atoms with Crippen LogP contribution in [0, 0.1) is 0 Å². The van der Waals surface area contributed by atoms with Crippen LogP contribution in [-0.4, -0.2) is 31.5 Å². The first kappa shape index (κ1) is 8.48. The Bertz CT molecular complexity index is 156. The summed E-state index contributed by atoms with van der Waals surface area (Å²) in [5.41, 5.74) is 0. The van der Waals surface area contributed by atoms with E-state index in [1.54, 1.807) is 0 Å². The number of hydrogen-bond acceptors (Lipinski definition) is 3. The van der Waals surface area contributed by atoms with Crippen molar-refractivity contribution in [1.29, 1.82) is 0 Å². The number of aldehydes is 1. The maximum absolute atomic E-state index is 11.7. The number of rotatable bonds is 1. The summed E-state index contributed by atoms with van der Waals surface area (Å²) in [6, 6.07) is 0. The molecule has 2 unspecified atom stereocenters. The van der Waals surface area contributed by atoms with Gasteiger partial charge in [-0.3, -0.25) is 4.79 Å². The van der Waals surface area contributed by atoms with Crippen molar-refractivity contribution in [3.63, 3.8) is 0 Å². The fourth-order valence-corrected chi connectivity index (χ4v) is 0.666. The molecule has 0 radical (unpaired) electrons. The van der Waals surface area contributed by atoms with Gasteiger partial charge in [-0.2, -0.15) is 13.2 Å². The van der Waals surface area contributed by atoms with Gasteiger partial charge in [-0.05, 0) is 0 Å². The summed E-state index contributed by atoms with van der Waals surface area (Å²) in [5, 5.41) is 0. The molecule has 0 spiro atoms. The Hall–Kier alpha value is -0.620. The van der Waals surface area contributed by atoms with E-state index in [2.05, 4.69) is 9.47 Å². The van der Waals surface area contributed by atoms with Crippen LogP contribution in [0.25, 0.3) is 0 Å². The standard InChI is InChI=1S/C5H5F3O3/c6-5(7,8)3-2-10-4(1-9)11-3/h1,3-4H,2H2. The van der Waals surface area contributed by atoms with Crippen molar-refractivity contribution >= 4 is 6.29 Å². The summed E-state index contributed by atoms with van der Waals surface area (Å²) in [7, 11) is 0. The molecule has 0 amide bonds. The molecule has 0 bridgehead atoms. The van der Waals surface area contributed by atoms with Crippen LogP contribution in [-0.2, 0) is 14.3 Å². The summed E-state index contributed by atoms with van der Waals surface area (Å²) in [5.74, 6) is 0. The van der Waals surface area contributed by atoms with Gasteiger partial charge in [0.1, 0.15) is 0 Å². The zero-order valence-corrected chi connectivity index (χ0v) is 5.30. The van der Waals surface area contributed by atoms with Crippen LogP contribution in [0.3, 0.4) is 0 Å². The molecule has 0 saturated carbocycles. The lowest BCUT2D eigenvalue weighted by Crippen LogP contribution is -2.31. The highest BCUT2D eigenvalue weighted by Gasteiger charge is 2.46. The van der Waals surface area contributed by atoms with E-state index < -0.39 is 25.2 Å². The van der Waals surface area contributed by atoms with Gasteiger partial charge in [0, 0.05) is 0 Å². The molecule has 11 heavy (non-hydrogen) atoms. The Morgan fingerprint density at radius 1 is 1.45 bits per heavy atom. The minimum atomic E-state index is -4.45. The van der Waals surface area contributed by atoms with E-state index in [1.807, 2.05) is 0 Å². The second-order valence-electron chi connectivity index (χ2n) is 2.00. The first-order valence-corrected chi connectivity index (χ1v) is 2.83. The van der Waals surface area contributed by atoms with Gasteiger partial charge in [-0.15, -0.1) is 0 Å². The van der Waals surface area contributed by atoms with Crippen molar-refractivity contribution in [2.45, 2.75) is 18.6 Å². The molecule has 1 rings (SSSR count). The van der Waals surface area contributed by atoms with Crippen molar-refractivity contribution in [1.82, 2.24) is 0 Å². The van der Waals surface area contributed by atoms with Crippen molar-refractivity contribution < 1.29 is 27.4 Å². The van der Waals surface area contributed by atoms with Crippen LogP contribution >= 0.6 is 0 Å². The predicted molar refractivity (Wildman–Crippen MR) is 26.7 cm³/mol. The lowest BCUT2D eigenvalue weighted by Gasteiger charge is -2.11. The highest BCUT2D eigenvalue weighted by Crippen LogP contribution is 2.27. The molecule has 1 aliphatic heterocycles. The Labute approximate surface area is 60.1 Å². The highest BCUT2D eigenvalue weighted by molar-refractivity contribution is 5.54. The molecule has 2 atom stereocenters. The van der Waals surface area contributed by atoms with Crippen LogP contribution in [0.5, 0.6) is 0 Å². The third-order valence-corrected chi connectivity index (χ3v) is 1.19. The summed E-state index contributed by atoms with van der Waals surface area (Å²) >= 11 is 0. The summed E-state index contributed by atoms with van der Waals surface area (Å²) in [6.45, 7) is -0.604. The van der Waals surface area contributed by atoms with E-state index in [-0.39, 0.29) is 6.29 Å². The van der Waals surface area contributed by atoms with Crippen LogP contribution in [0.2, 0.25) is 0 Å². The molecule has 0 aromatic rings. The average Bonchev–Trinajstić information content (AvgIpc) is 2.32. The van der Waals surface area contributed by atoms with Gasteiger partial charge in [0.15, 0.2) is 12.4 Å². The van der Waals surface area contributed by atoms with Crippen LogP contribution in [0.4, 0.5) is 13.2 Å². The number of ether oxygens (including phenoxy) is 2. The third kappa shape index (κ3) is 1.90. The maximum atomic E-state index is 11.7. The molecule has 6 heteroatoms. The number of carbonyl (C=O) groups is 1. The number of hydrogen-bond donors (Lipinski definition) is 0. The lowest BCUT2D eigenvalue weighted by atomic mass is 10.4. The average molecular weight is 170 g/mol. The normalized spacial score (nSPS) is 32.3. The Morgan fingerprint density at radius 3 is 2.36 bits per heavy atom. The Balaban J connectivity index is 2.48. The Morgan fingerprint density at radius 2 is 2.09 bits per heavy atom. The molecule has 3 nitrogen and oxygen atoms in total. The van der Waals surface area contributed by atoms with E-state index >= 15 is 0 Å². The molecule has 1 fully saturated rings. The third-order valence-electron chi connectivity index (χ3n) is 1.19. The number of halogens is 3. The van der Waals surface area contributed by atoms with Gasteiger partial charge in [0.2, 0.25) is 6.29 Å². The van der Waals surface area contributed by atoms with Crippen molar-refractivity contribution in [3.05, 3.63) is 0 Å². The van der Waals surface area contributed by atoms with Crippen LogP contribution in [0.15, 0.2) is 0 Å². The molecule has 0 aromatic heterocycles. The molecule has 1 aliphatic rings. The molecule has 64 valence electrons. The quantitative estimate of drug-likeness (QED) is 0.537. The van der Waals surface area contributed by atoms with Crippen molar-refractivity contribution in [3.8, 4) is 0 Å². The van der Waals surface area contributed by atoms with Gasteiger partial charge in [-0.1, -0.05) is 0 Å². The summed E-state index contributed by atoms with van der Waals surface area (Å²) < 4.78 is 43.7. The first-order valence-electron chi connectivity index (χ1n) is 2.83. The fraction of sp³-hybridized carbons (Fsp3) is 0.800. The molecular weight excluding hydrogens is 165 g/mol.